The number of aliphatic imine (C=N–C) groups is 1. The Labute approximate surface area is 83.0 Å². The first-order chi connectivity index (χ1) is 6.68. The van der Waals surface area contributed by atoms with Crippen molar-refractivity contribution in [2.75, 3.05) is 6.54 Å². The lowest BCUT2D eigenvalue weighted by atomic mass is 10.2. The summed E-state index contributed by atoms with van der Waals surface area (Å²) < 4.78 is 0. The van der Waals surface area contributed by atoms with E-state index in [-0.39, 0.29) is 0 Å². The average Bonchev–Trinajstić information content (AvgIpc) is 2.63. The summed E-state index contributed by atoms with van der Waals surface area (Å²) in [5, 5.41) is 9.42. The zero-order chi connectivity index (χ0) is 10.4. The number of hydrogen-bond donors (Lipinski definition) is 3. The van der Waals surface area contributed by atoms with Crippen molar-refractivity contribution in [3.8, 4) is 0 Å². The van der Waals surface area contributed by atoms with Gasteiger partial charge in [-0.25, -0.2) is 9.98 Å². The Morgan fingerprint density at radius 1 is 1.71 bits per heavy atom. The van der Waals surface area contributed by atoms with Gasteiger partial charge in [-0.1, -0.05) is 13.8 Å². The van der Waals surface area contributed by atoms with Gasteiger partial charge in [0, 0.05) is 6.54 Å². The van der Waals surface area contributed by atoms with Gasteiger partial charge < -0.3 is 11.1 Å². The maximum absolute atomic E-state index is 5.62. The molecule has 1 aromatic rings. The number of nitrogens with zero attached hydrogens (tertiary/aromatic N) is 3. The van der Waals surface area contributed by atoms with Crippen LogP contribution in [0.15, 0.2) is 11.3 Å². The van der Waals surface area contributed by atoms with Crippen LogP contribution in [-0.2, 0) is 6.54 Å². The van der Waals surface area contributed by atoms with Crippen LogP contribution in [0.1, 0.15) is 19.7 Å². The minimum atomic E-state index is 0.428. The van der Waals surface area contributed by atoms with Gasteiger partial charge in [-0.2, -0.15) is 5.10 Å². The van der Waals surface area contributed by atoms with Crippen molar-refractivity contribution in [1.82, 2.24) is 20.5 Å². The highest BCUT2D eigenvalue weighted by Crippen LogP contribution is 1.89. The molecular weight excluding hydrogens is 180 g/mol. The summed E-state index contributed by atoms with van der Waals surface area (Å²) in [5.41, 5.74) is 5.62. The Morgan fingerprint density at radius 2 is 2.50 bits per heavy atom. The smallest absolute Gasteiger partial charge is 0.189 e. The third-order valence-electron chi connectivity index (χ3n) is 1.56. The molecule has 0 radical (unpaired) electrons. The van der Waals surface area contributed by atoms with Gasteiger partial charge in [-0.3, -0.25) is 5.10 Å². The highest BCUT2D eigenvalue weighted by Gasteiger charge is 1.96. The van der Waals surface area contributed by atoms with Gasteiger partial charge in [0.1, 0.15) is 18.7 Å². The van der Waals surface area contributed by atoms with Gasteiger partial charge in [0.15, 0.2) is 5.96 Å². The minimum absolute atomic E-state index is 0.428. The molecule has 0 atom stereocenters. The molecule has 0 amide bonds. The van der Waals surface area contributed by atoms with E-state index >= 15 is 0 Å². The van der Waals surface area contributed by atoms with Crippen LogP contribution >= 0.6 is 0 Å². The van der Waals surface area contributed by atoms with Crippen molar-refractivity contribution in [3.05, 3.63) is 12.2 Å². The van der Waals surface area contributed by atoms with Gasteiger partial charge in [0.2, 0.25) is 0 Å². The summed E-state index contributed by atoms with van der Waals surface area (Å²) >= 11 is 0. The third-order valence-corrected chi connectivity index (χ3v) is 1.56. The van der Waals surface area contributed by atoms with Crippen molar-refractivity contribution in [3.63, 3.8) is 0 Å². The lowest BCUT2D eigenvalue weighted by molar-refractivity contribution is 0.621. The predicted molar refractivity (Wildman–Crippen MR) is 54.5 cm³/mol. The second-order valence-electron chi connectivity index (χ2n) is 3.41. The summed E-state index contributed by atoms with van der Waals surface area (Å²) in [7, 11) is 0. The molecule has 4 N–H and O–H groups in total. The molecule has 6 heteroatoms. The molecule has 0 saturated heterocycles. The molecule has 14 heavy (non-hydrogen) atoms. The van der Waals surface area contributed by atoms with Crippen LogP contribution in [0.25, 0.3) is 0 Å². The van der Waals surface area contributed by atoms with Crippen molar-refractivity contribution in [2.45, 2.75) is 20.4 Å². The zero-order valence-electron chi connectivity index (χ0n) is 8.49. The van der Waals surface area contributed by atoms with Crippen LogP contribution in [0, 0.1) is 5.92 Å². The molecule has 0 aliphatic carbocycles. The van der Waals surface area contributed by atoms with Crippen LogP contribution in [0.2, 0.25) is 0 Å². The van der Waals surface area contributed by atoms with Crippen LogP contribution in [0.4, 0.5) is 0 Å². The van der Waals surface area contributed by atoms with E-state index in [9.17, 15) is 0 Å². The molecule has 6 nitrogen and oxygen atoms in total. The quantitative estimate of drug-likeness (QED) is 0.462. The van der Waals surface area contributed by atoms with Gasteiger partial charge >= 0.3 is 0 Å². The third kappa shape index (κ3) is 3.88. The van der Waals surface area contributed by atoms with Crippen molar-refractivity contribution in [2.24, 2.45) is 16.6 Å². The maximum atomic E-state index is 5.62. The summed E-state index contributed by atoms with van der Waals surface area (Å²) in [6.45, 7) is 5.47. The molecule has 1 aromatic heterocycles. The van der Waals surface area contributed by atoms with E-state index in [2.05, 4.69) is 39.3 Å². The molecular formula is C8H16N6. The second-order valence-corrected chi connectivity index (χ2v) is 3.41. The Kier molecular flexibility index (Phi) is 3.90. The predicted octanol–water partition coefficient (Wildman–Crippen LogP) is -0.135. The molecule has 1 rings (SSSR count). The summed E-state index contributed by atoms with van der Waals surface area (Å²) in [6.07, 6.45) is 1.45. The molecule has 0 unspecified atom stereocenters. The van der Waals surface area contributed by atoms with E-state index in [0.717, 1.165) is 6.54 Å². The maximum Gasteiger partial charge on any atom is 0.189 e. The molecule has 0 saturated carbocycles. The van der Waals surface area contributed by atoms with Crippen LogP contribution in [0.3, 0.4) is 0 Å². The van der Waals surface area contributed by atoms with E-state index in [0.29, 0.717) is 24.2 Å². The van der Waals surface area contributed by atoms with E-state index < -0.39 is 0 Å². The Bertz CT molecular complexity index is 276. The first-order valence-corrected chi connectivity index (χ1v) is 4.56. The number of rotatable bonds is 4. The number of guanidine groups is 1. The summed E-state index contributed by atoms with van der Waals surface area (Å²) in [6, 6.07) is 0. The first kappa shape index (κ1) is 10.5. The lowest BCUT2D eigenvalue weighted by Gasteiger charge is -2.06. The molecule has 1 heterocycles. The monoisotopic (exact) mass is 196 g/mol. The minimum Gasteiger partial charge on any atom is -0.370 e. The van der Waals surface area contributed by atoms with Crippen molar-refractivity contribution >= 4 is 5.96 Å². The summed E-state index contributed by atoms with van der Waals surface area (Å²) in [4.78, 5) is 8.01. The second kappa shape index (κ2) is 5.21. The number of H-pyrrole nitrogens is 1. The largest absolute Gasteiger partial charge is 0.370 e. The molecule has 0 fully saturated rings. The Balaban J connectivity index is 2.30. The van der Waals surface area contributed by atoms with E-state index in [1.807, 2.05) is 0 Å². The highest BCUT2D eigenvalue weighted by atomic mass is 15.2. The molecule has 0 bridgehead atoms. The van der Waals surface area contributed by atoms with Crippen LogP contribution in [0.5, 0.6) is 0 Å². The SMILES string of the molecule is CC(C)CNC(N)=NCc1ncn[nH]1. The van der Waals surface area contributed by atoms with Gasteiger partial charge in [-0.15, -0.1) is 0 Å². The lowest BCUT2D eigenvalue weighted by Crippen LogP contribution is -2.34. The highest BCUT2D eigenvalue weighted by molar-refractivity contribution is 5.77. The standard InChI is InChI=1S/C8H16N6/c1-6(2)3-10-8(9)11-4-7-12-5-13-14-7/h5-6H,3-4H2,1-2H3,(H3,9,10,11)(H,12,13,14). The van der Waals surface area contributed by atoms with Crippen LogP contribution in [-0.4, -0.2) is 27.7 Å². The molecule has 78 valence electrons. The Morgan fingerprint density at radius 3 is 3.07 bits per heavy atom. The number of nitrogens with two attached hydrogens (primary N) is 1. The van der Waals surface area contributed by atoms with Crippen molar-refractivity contribution in [1.29, 1.82) is 0 Å². The zero-order valence-corrected chi connectivity index (χ0v) is 8.49. The normalized spacial score (nSPS) is 12.1. The number of nitrogens with one attached hydrogen (secondary N) is 2. The molecule has 0 aliphatic heterocycles. The number of hydrogen-bond acceptors (Lipinski definition) is 3. The first-order valence-electron chi connectivity index (χ1n) is 4.56. The van der Waals surface area contributed by atoms with E-state index in [1.54, 1.807) is 0 Å². The number of aromatic nitrogens is 3. The molecule has 0 aliphatic rings. The molecule has 0 aromatic carbocycles. The summed E-state index contributed by atoms with van der Waals surface area (Å²) in [5.74, 6) is 1.70. The van der Waals surface area contributed by atoms with Gasteiger partial charge in [0.05, 0.1) is 0 Å². The Hall–Kier alpha value is -1.59. The average molecular weight is 196 g/mol. The molecule has 0 spiro atoms. The fourth-order valence-corrected chi connectivity index (χ4v) is 0.832. The fourth-order valence-electron chi connectivity index (χ4n) is 0.832. The van der Waals surface area contributed by atoms with Crippen LogP contribution < -0.4 is 11.1 Å². The van der Waals surface area contributed by atoms with Gasteiger partial charge in [-0.05, 0) is 5.92 Å². The van der Waals surface area contributed by atoms with E-state index in [1.165, 1.54) is 6.33 Å². The topological polar surface area (TPSA) is 92.0 Å². The number of aromatic amines is 1. The van der Waals surface area contributed by atoms with E-state index in [4.69, 9.17) is 5.73 Å². The van der Waals surface area contributed by atoms with Crippen molar-refractivity contribution < 1.29 is 0 Å². The fraction of sp³-hybridized carbons (Fsp3) is 0.625. The van der Waals surface area contributed by atoms with Gasteiger partial charge in [0.25, 0.3) is 0 Å².